The maximum Gasteiger partial charge on any atom is 0.231 e. The number of nitrogens with one attached hydrogen (secondary N) is 1. The Morgan fingerprint density at radius 2 is 2.07 bits per heavy atom. The topological polar surface area (TPSA) is 65.8 Å². The summed E-state index contributed by atoms with van der Waals surface area (Å²) in [5.41, 5.74) is 1.83. The van der Waals surface area contributed by atoms with Crippen LogP contribution in [-0.4, -0.2) is 53.7 Å². The van der Waals surface area contributed by atoms with E-state index < -0.39 is 0 Å². The van der Waals surface area contributed by atoms with E-state index in [1.54, 1.807) is 6.07 Å². The molecule has 1 N–H and O–H groups in total. The number of nitrogens with zero attached hydrogens (tertiary/aromatic N) is 5. The highest BCUT2D eigenvalue weighted by molar-refractivity contribution is 6.33. The first-order valence-electron chi connectivity index (χ1n) is 10.4. The summed E-state index contributed by atoms with van der Waals surface area (Å²) in [4.78, 5) is 17.1. The quantitative estimate of drug-likeness (QED) is 0.587. The third-order valence-electron chi connectivity index (χ3n) is 5.61. The molecular weight excluding hydrogens is 400 g/mol. The zero-order chi connectivity index (χ0) is 20.9. The van der Waals surface area contributed by atoms with Crippen molar-refractivity contribution in [3.8, 4) is 0 Å². The van der Waals surface area contributed by atoms with Crippen LogP contribution in [0, 0.1) is 5.92 Å². The number of para-hydroxylation sites is 1. The molecule has 2 aromatic heterocycles. The lowest BCUT2D eigenvalue weighted by molar-refractivity contribution is -0.125. The van der Waals surface area contributed by atoms with Gasteiger partial charge in [0.05, 0.1) is 10.9 Å². The van der Waals surface area contributed by atoms with Crippen LogP contribution in [0.2, 0.25) is 5.02 Å². The summed E-state index contributed by atoms with van der Waals surface area (Å²) < 4.78 is 1.89. The van der Waals surface area contributed by atoms with Crippen molar-refractivity contribution < 1.29 is 4.79 Å². The molecule has 0 unspecified atom stereocenters. The highest BCUT2D eigenvalue weighted by Gasteiger charge is 2.28. The number of hydrogen-bond donors (Lipinski definition) is 1. The standard InChI is InChI=1S/C22H27ClN6O/c1-27(18-9-3-2-4-10-18)13-7-12-24-21(30)17-8-5-14-28(16-17)22-26-25-20-19(23)11-6-15-29(20)22/h2-4,6,9-11,15,17H,5,7-8,12-14,16H2,1H3,(H,24,30)/t17-/m1/s1. The molecule has 3 aromatic rings. The molecule has 1 amide bonds. The minimum Gasteiger partial charge on any atom is -0.375 e. The summed E-state index contributed by atoms with van der Waals surface area (Å²) in [5, 5.41) is 12.2. The fraction of sp³-hybridized carbons (Fsp3) is 0.409. The number of pyridine rings is 1. The molecule has 8 heteroatoms. The molecule has 0 spiro atoms. The second-order valence-corrected chi connectivity index (χ2v) is 8.14. The Hall–Kier alpha value is -2.80. The number of aromatic nitrogens is 3. The third kappa shape index (κ3) is 4.51. The van der Waals surface area contributed by atoms with Crippen LogP contribution in [0.3, 0.4) is 0 Å². The van der Waals surface area contributed by atoms with Crippen molar-refractivity contribution in [2.75, 3.05) is 43.0 Å². The molecule has 1 atom stereocenters. The van der Waals surface area contributed by atoms with Gasteiger partial charge in [-0.1, -0.05) is 29.8 Å². The molecule has 30 heavy (non-hydrogen) atoms. The van der Waals surface area contributed by atoms with Gasteiger partial charge in [0.15, 0.2) is 5.65 Å². The van der Waals surface area contributed by atoms with E-state index in [0.717, 1.165) is 38.3 Å². The van der Waals surface area contributed by atoms with E-state index in [9.17, 15) is 4.79 Å². The molecule has 0 saturated carbocycles. The average molecular weight is 427 g/mol. The number of hydrogen-bond acceptors (Lipinski definition) is 5. The fourth-order valence-electron chi connectivity index (χ4n) is 3.94. The first-order valence-corrected chi connectivity index (χ1v) is 10.8. The molecule has 1 aromatic carbocycles. The first kappa shape index (κ1) is 20.5. The molecule has 0 aliphatic carbocycles. The Balaban J connectivity index is 1.29. The van der Waals surface area contributed by atoms with Crippen LogP contribution in [0.25, 0.3) is 5.65 Å². The number of amides is 1. The van der Waals surface area contributed by atoms with E-state index in [1.807, 2.05) is 34.9 Å². The van der Waals surface area contributed by atoms with E-state index in [0.29, 0.717) is 23.8 Å². The Morgan fingerprint density at radius 3 is 2.90 bits per heavy atom. The van der Waals surface area contributed by atoms with Gasteiger partial charge in [0.25, 0.3) is 0 Å². The van der Waals surface area contributed by atoms with E-state index in [2.05, 4.69) is 44.5 Å². The van der Waals surface area contributed by atoms with Gasteiger partial charge in [0, 0.05) is 45.1 Å². The Kier molecular flexibility index (Phi) is 6.38. The van der Waals surface area contributed by atoms with Gasteiger partial charge < -0.3 is 15.1 Å². The number of halogens is 1. The molecule has 1 aliphatic heterocycles. The monoisotopic (exact) mass is 426 g/mol. The summed E-state index contributed by atoms with van der Waals surface area (Å²) >= 11 is 6.21. The molecule has 1 fully saturated rings. The number of carbonyl (C=O) groups is 1. The van der Waals surface area contributed by atoms with Crippen LogP contribution in [0.15, 0.2) is 48.7 Å². The average Bonchev–Trinajstić information content (AvgIpc) is 3.23. The minimum absolute atomic E-state index is 0.0443. The third-order valence-corrected chi connectivity index (χ3v) is 5.91. The van der Waals surface area contributed by atoms with Crippen molar-refractivity contribution in [1.29, 1.82) is 0 Å². The Morgan fingerprint density at radius 1 is 1.23 bits per heavy atom. The lowest BCUT2D eigenvalue weighted by Gasteiger charge is -2.32. The van der Waals surface area contributed by atoms with Gasteiger partial charge in [-0.3, -0.25) is 9.20 Å². The molecule has 0 bridgehead atoms. The number of piperidine rings is 1. The van der Waals surface area contributed by atoms with Gasteiger partial charge in [-0.15, -0.1) is 10.2 Å². The Bertz CT molecular complexity index is 992. The van der Waals surface area contributed by atoms with E-state index in [-0.39, 0.29) is 11.8 Å². The smallest absolute Gasteiger partial charge is 0.231 e. The second kappa shape index (κ2) is 9.34. The van der Waals surface area contributed by atoms with Crippen LogP contribution >= 0.6 is 11.6 Å². The predicted octanol–water partition coefficient (Wildman–Crippen LogP) is 3.24. The van der Waals surface area contributed by atoms with Crippen molar-refractivity contribution in [2.24, 2.45) is 5.92 Å². The minimum atomic E-state index is -0.0443. The van der Waals surface area contributed by atoms with Gasteiger partial charge in [-0.25, -0.2) is 0 Å². The van der Waals surface area contributed by atoms with Gasteiger partial charge in [0.2, 0.25) is 11.9 Å². The number of benzene rings is 1. The zero-order valence-corrected chi connectivity index (χ0v) is 17.9. The number of fused-ring (bicyclic) bond motifs is 1. The molecule has 0 radical (unpaired) electrons. The summed E-state index contributed by atoms with van der Waals surface area (Å²) in [6.45, 7) is 3.07. The Labute approximate surface area is 181 Å². The molecule has 158 valence electrons. The van der Waals surface area contributed by atoms with Crippen LogP contribution < -0.4 is 15.1 Å². The zero-order valence-electron chi connectivity index (χ0n) is 17.2. The normalized spacial score (nSPS) is 16.6. The number of carbonyl (C=O) groups excluding carboxylic acids is 1. The van der Waals surface area contributed by atoms with Crippen molar-refractivity contribution in [1.82, 2.24) is 19.9 Å². The van der Waals surface area contributed by atoms with E-state index >= 15 is 0 Å². The molecule has 4 rings (SSSR count). The summed E-state index contributed by atoms with van der Waals surface area (Å²) in [6.07, 6.45) is 4.65. The van der Waals surface area contributed by atoms with Gasteiger partial charge >= 0.3 is 0 Å². The van der Waals surface area contributed by atoms with Gasteiger partial charge in [-0.05, 0) is 43.5 Å². The number of rotatable bonds is 7. The van der Waals surface area contributed by atoms with Gasteiger partial charge in [-0.2, -0.15) is 0 Å². The molecule has 1 aliphatic rings. The molecule has 7 nitrogen and oxygen atoms in total. The lowest BCUT2D eigenvalue weighted by atomic mass is 9.97. The molecule has 3 heterocycles. The first-order chi connectivity index (χ1) is 14.6. The maximum atomic E-state index is 12.7. The number of anilines is 2. The van der Waals surface area contributed by atoms with Crippen molar-refractivity contribution in [3.63, 3.8) is 0 Å². The molecule has 1 saturated heterocycles. The van der Waals surface area contributed by atoms with Crippen molar-refractivity contribution >= 4 is 34.8 Å². The lowest BCUT2D eigenvalue weighted by Crippen LogP contribution is -2.44. The summed E-state index contributed by atoms with van der Waals surface area (Å²) in [7, 11) is 2.07. The predicted molar refractivity (Wildman–Crippen MR) is 120 cm³/mol. The largest absolute Gasteiger partial charge is 0.375 e. The van der Waals surface area contributed by atoms with Crippen LogP contribution in [0.1, 0.15) is 19.3 Å². The van der Waals surface area contributed by atoms with Crippen LogP contribution in [0.4, 0.5) is 11.6 Å². The van der Waals surface area contributed by atoms with Crippen LogP contribution in [-0.2, 0) is 4.79 Å². The van der Waals surface area contributed by atoms with E-state index in [4.69, 9.17) is 11.6 Å². The highest BCUT2D eigenvalue weighted by atomic mass is 35.5. The fourth-order valence-corrected chi connectivity index (χ4v) is 4.15. The van der Waals surface area contributed by atoms with Crippen molar-refractivity contribution in [2.45, 2.75) is 19.3 Å². The second-order valence-electron chi connectivity index (χ2n) is 7.74. The summed E-state index contributed by atoms with van der Waals surface area (Å²) in [5.74, 6) is 0.820. The van der Waals surface area contributed by atoms with Crippen molar-refractivity contribution in [3.05, 3.63) is 53.7 Å². The summed E-state index contributed by atoms with van der Waals surface area (Å²) in [6, 6.07) is 14.0. The maximum absolute atomic E-state index is 12.7. The van der Waals surface area contributed by atoms with E-state index in [1.165, 1.54) is 5.69 Å². The SMILES string of the molecule is CN(CCCNC(=O)[C@@H]1CCCN(c2nnc3c(Cl)cccn23)C1)c1ccccc1. The van der Waals surface area contributed by atoms with Crippen LogP contribution in [0.5, 0.6) is 0 Å². The highest BCUT2D eigenvalue weighted by Crippen LogP contribution is 2.25. The molecular formula is C22H27ClN6O. The van der Waals surface area contributed by atoms with Gasteiger partial charge in [0.1, 0.15) is 0 Å².